The number of benzene rings is 1. The van der Waals surface area contributed by atoms with Crippen LogP contribution >= 0.6 is 11.8 Å². The van der Waals surface area contributed by atoms with Crippen LogP contribution in [0.5, 0.6) is 0 Å². The van der Waals surface area contributed by atoms with Gasteiger partial charge in [-0.2, -0.15) is 0 Å². The van der Waals surface area contributed by atoms with Crippen molar-refractivity contribution in [3.8, 4) is 0 Å². The first-order valence-electron chi connectivity index (χ1n) is 9.11. The molecule has 0 spiro atoms. The first-order chi connectivity index (χ1) is 13.5. The van der Waals surface area contributed by atoms with Crippen molar-refractivity contribution in [2.45, 2.75) is 42.7 Å². The number of hydrogen-bond acceptors (Lipinski definition) is 6. The highest BCUT2D eigenvalue weighted by molar-refractivity contribution is 7.99. The van der Waals surface area contributed by atoms with Gasteiger partial charge in [0.15, 0.2) is 0 Å². The highest BCUT2D eigenvalue weighted by Crippen LogP contribution is 2.36. The zero-order valence-corrected chi connectivity index (χ0v) is 16.7. The SMILES string of the molecule is CC(C)c1nc(CCN)n(Cc2ccccn2)c1Sc1cccc([N+](=O)[O-])c1. The zero-order chi connectivity index (χ0) is 20.1. The lowest BCUT2D eigenvalue weighted by atomic mass is 10.1. The Morgan fingerprint density at radius 3 is 2.71 bits per heavy atom. The molecular formula is C20H23N5O2S. The number of nitrogens with two attached hydrogens (primary N) is 1. The van der Waals surface area contributed by atoms with Crippen LogP contribution in [0, 0.1) is 10.1 Å². The maximum absolute atomic E-state index is 11.1. The fraction of sp³-hybridized carbons (Fsp3) is 0.300. The topological polar surface area (TPSA) is 99.9 Å². The maximum atomic E-state index is 11.1. The molecule has 0 aliphatic rings. The molecule has 8 heteroatoms. The summed E-state index contributed by atoms with van der Waals surface area (Å²) in [5.41, 5.74) is 7.78. The van der Waals surface area contributed by atoms with E-state index in [1.807, 2.05) is 24.3 Å². The fourth-order valence-electron chi connectivity index (χ4n) is 2.90. The number of imidazole rings is 1. The largest absolute Gasteiger partial charge is 0.330 e. The van der Waals surface area contributed by atoms with Crippen molar-refractivity contribution in [2.75, 3.05) is 6.54 Å². The average Bonchev–Trinajstić information content (AvgIpc) is 3.01. The Kier molecular flexibility index (Phi) is 6.43. The third-order valence-corrected chi connectivity index (χ3v) is 5.34. The minimum absolute atomic E-state index is 0.0778. The number of rotatable bonds is 8. The number of nitro benzene ring substituents is 1. The molecule has 2 N–H and O–H groups in total. The molecule has 0 unspecified atom stereocenters. The lowest BCUT2D eigenvalue weighted by molar-refractivity contribution is -0.385. The maximum Gasteiger partial charge on any atom is 0.270 e. The number of aromatic nitrogens is 3. The van der Waals surface area contributed by atoms with Crippen LogP contribution in [0.4, 0.5) is 5.69 Å². The lowest BCUT2D eigenvalue weighted by Crippen LogP contribution is -2.12. The van der Waals surface area contributed by atoms with E-state index in [1.54, 1.807) is 18.3 Å². The average molecular weight is 398 g/mol. The molecule has 7 nitrogen and oxygen atoms in total. The highest BCUT2D eigenvalue weighted by Gasteiger charge is 2.21. The van der Waals surface area contributed by atoms with Gasteiger partial charge in [0, 0.05) is 29.6 Å². The Bertz CT molecular complexity index is 956. The van der Waals surface area contributed by atoms with Crippen molar-refractivity contribution in [3.05, 3.63) is 76.0 Å². The molecule has 0 atom stereocenters. The van der Waals surface area contributed by atoms with Gasteiger partial charge in [-0.3, -0.25) is 15.1 Å². The van der Waals surface area contributed by atoms with E-state index in [-0.39, 0.29) is 16.5 Å². The molecule has 0 fully saturated rings. The minimum Gasteiger partial charge on any atom is -0.330 e. The second kappa shape index (κ2) is 8.99. The highest BCUT2D eigenvalue weighted by atomic mass is 32.2. The molecule has 0 saturated carbocycles. The van der Waals surface area contributed by atoms with Crippen molar-refractivity contribution in [1.82, 2.24) is 14.5 Å². The van der Waals surface area contributed by atoms with Gasteiger partial charge in [-0.25, -0.2) is 4.98 Å². The summed E-state index contributed by atoms with van der Waals surface area (Å²) >= 11 is 1.49. The summed E-state index contributed by atoms with van der Waals surface area (Å²) in [5, 5.41) is 12.1. The van der Waals surface area contributed by atoms with Crippen LogP contribution in [0.3, 0.4) is 0 Å². The molecule has 0 aliphatic heterocycles. The lowest BCUT2D eigenvalue weighted by Gasteiger charge is -2.13. The standard InChI is InChI=1S/C20H23N5O2S/c1-14(2)19-20(28-17-8-5-7-16(12-17)25(26)27)24(18(23-19)9-10-21)13-15-6-3-4-11-22-15/h3-8,11-12,14H,9-10,13,21H2,1-2H3. The first-order valence-corrected chi connectivity index (χ1v) is 9.92. The third-order valence-electron chi connectivity index (χ3n) is 4.23. The molecule has 3 aromatic rings. The number of pyridine rings is 1. The van der Waals surface area contributed by atoms with Crippen molar-refractivity contribution in [3.63, 3.8) is 0 Å². The molecule has 0 aliphatic carbocycles. The van der Waals surface area contributed by atoms with Crippen molar-refractivity contribution < 1.29 is 4.92 Å². The summed E-state index contributed by atoms with van der Waals surface area (Å²) in [6, 6.07) is 12.5. The van der Waals surface area contributed by atoms with E-state index >= 15 is 0 Å². The Morgan fingerprint density at radius 1 is 1.25 bits per heavy atom. The predicted octanol–water partition coefficient (Wildman–Crippen LogP) is 4.01. The Morgan fingerprint density at radius 2 is 2.07 bits per heavy atom. The molecule has 2 aromatic heterocycles. The molecule has 146 valence electrons. The summed E-state index contributed by atoms with van der Waals surface area (Å²) in [4.78, 5) is 20.8. The van der Waals surface area contributed by atoms with E-state index < -0.39 is 0 Å². The normalized spacial score (nSPS) is 11.1. The van der Waals surface area contributed by atoms with Crippen LogP contribution in [0.1, 0.15) is 37.0 Å². The molecule has 1 aromatic carbocycles. The Labute approximate surface area is 168 Å². The number of nitrogens with zero attached hydrogens (tertiary/aromatic N) is 4. The summed E-state index contributed by atoms with van der Waals surface area (Å²) in [7, 11) is 0. The van der Waals surface area contributed by atoms with Crippen molar-refractivity contribution in [2.24, 2.45) is 5.73 Å². The summed E-state index contributed by atoms with van der Waals surface area (Å²) in [5.74, 6) is 1.12. The van der Waals surface area contributed by atoms with Gasteiger partial charge < -0.3 is 10.3 Å². The van der Waals surface area contributed by atoms with E-state index in [1.165, 1.54) is 17.8 Å². The zero-order valence-electron chi connectivity index (χ0n) is 15.9. The van der Waals surface area contributed by atoms with E-state index in [2.05, 4.69) is 23.4 Å². The second-order valence-electron chi connectivity index (χ2n) is 6.68. The van der Waals surface area contributed by atoms with Crippen LogP contribution in [0.15, 0.2) is 58.6 Å². The molecular weight excluding hydrogens is 374 g/mol. The molecule has 2 heterocycles. The van der Waals surface area contributed by atoms with Gasteiger partial charge in [0.1, 0.15) is 10.9 Å². The quantitative estimate of drug-likeness (QED) is 0.455. The molecule has 0 radical (unpaired) electrons. The van der Waals surface area contributed by atoms with Crippen LogP contribution in [-0.4, -0.2) is 26.0 Å². The monoisotopic (exact) mass is 397 g/mol. The third kappa shape index (κ3) is 4.58. The molecule has 28 heavy (non-hydrogen) atoms. The van der Waals surface area contributed by atoms with Crippen LogP contribution < -0.4 is 5.73 Å². The van der Waals surface area contributed by atoms with E-state index in [0.717, 1.165) is 27.1 Å². The van der Waals surface area contributed by atoms with Gasteiger partial charge in [0.05, 0.1) is 22.9 Å². The Balaban J connectivity index is 2.06. The summed E-state index contributed by atoms with van der Waals surface area (Å²) in [6.45, 7) is 5.26. The van der Waals surface area contributed by atoms with Crippen LogP contribution in [-0.2, 0) is 13.0 Å². The molecule has 0 bridgehead atoms. The summed E-state index contributed by atoms with van der Waals surface area (Å²) < 4.78 is 2.13. The van der Waals surface area contributed by atoms with E-state index in [9.17, 15) is 10.1 Å². The fourth-order valence-corrected chi connectivity index (χ4v) is 4.11. The van der Waals surface area contributed by atoms with Crippen LogP contribution in [0.25, 0.3) is 0 Å². The molecule has 3 rings (SSSR count). The smallest absolute Gasteiger partial charge is 0.270 e. The van der Waals surface area contributed by atoms with Gasteiger partial charge >= 0.3 is 0 Å². The van der Waals surface area contributed by atoms with Crippen LogP contribution in [0.2, 0.25) is 0 Å². The molecule has 0 amide bonds. The van der Waals surface area contributed by atoms with Crippen molar-refractivity contribution in [1.29, 1.82) is 0 Å². The van der Waals surface area contributed by atoms with Gasteiger partial charge in [-0.05, 0) is 30.7 Å². The number of non-ortho nitro benzene ring substituents is 1. The van der Waals surface area contributed by atoms with E-state index in [4.69, 9.17) is 10.7 Å². The molecule has 0 saturated heterocycles. The summed E-state index contributed by atoms with van der Waals surface area (Å²) in [6.07, 6.45) is 2.42. The second-order valence-corrected chi connectivity index (χ2v) is 7.74. The minimum atomic E-state index is -0.377. The Hall–Kier alpha value is -2.71. The van der Waals surface area contributed by atoms with Gasteiger partial charge in [-0.15, -0.1) is 0 Å². The van der Waals surface area contributed by atoms with Gasteiger partial charge in [0.25, 0.3) is 5.69 Å². The van der Waals surface area contributed by atoms with Gasteiger partial charge in [0.2, 0.25) is 0 Å². The number of hydrogen-bond donors (Lipinski definition) is 1. The number of nitro groups is 1. The van der Waals surface area contributed by atoms with E-state index in [0.29, 0.717) is 19.5 Å². The first kappa shape index (κ1) is 20.0. The predicted molar refractivity (Wildman–Crippen MR) is 110 cm³/mol. The van der Waals surface area contributed by atoms with Gasteiger partial charge in [-0.1, -0.05) is 37.7 Å². The van der Waals surface area contributed by atoms with Crippen molar-refractivity contribution >= 4 is 17.4 Å².